The largest absolute Gasteiger partial charge is 0.395 e. The lowest BCUT2D eigenvalue weighted by Crippen LogP contribution is -2.34. The number of nitrogens with zero attached hydrogens (tertiary/aromatic N) is 1. The minimum Gasteiger partial charge on any atom is -0.395 e. The zero-order chi connectivity index (χ0) is 10.5. The lowest BCUT2D eigenvalue weighted by molar-refractivity contribution is 0.166. The SMILES string of the molecule is OCCN(CC1CC=CCC1)CC1CC1. The van der Waals surface area contributed by atoms with E-state index in [0.717, 1.165) is 18.4 Å². The molecule has 2 aliphatic rings. The monoisotopic (exact) mass is 209 g/mol. The molecule has 0 aliphatic heterocycles. The summed E-state index contributed by atoms with van der Waals surface area (Å²) in [6, 6.07) is 0. The first-order valence-electron chi connectivity index (χ1n) is 6.36. The van der Waals surface area contributed by atoms with E-state index in [2.05, 4.69) is 17.1 Å². The van der Waals surface area contributed by atoms with Gasteiger partial charge in [0.1, 0.15) is 0 Å². The van der Waals surface area contributed by atoms with Gasteiger partial charge in [-0.1, -0.05) is 12.2 Å². The fourth-order valence-electron chi connectivity index (χ4n) is 2.45. The Hall–Kier alpha value is -0.340. The molecule has 1 saturated carbocycles. The summed E-state index contributed by atoms with van der Waals surface area (Å²) in [4.78, 5) is 2.47. The zero-order valence-corrected chi connectivity index (χ0v) is 9.57. The van der Waals surface area contributed by atoms with Crippen LogP contribution in [0.2, 0.25) is 0 Å². The van der Waals surface area contributed by atoms with Crippen molar-refractivity contribution in [3.63, 3.8) is 0 Å². The van der Waals surface area contributed by atoms with Gasteiger partial charge in [-0.05, 0) is 43.9 Å². The van der Waals surface area contributed by atoms with Crippen LogP contribution in [0.3, 0.4) is 0 Å². The second-order valence-corrected chi connectivity index (χ2v) is 5.08. The van der Waals surface area contributed by atoms with Gasteiger partial charge >= 0.3 is 0 Å². The Bertz CT molecular complexity index is 211. The van der Waals surface area contributed by atoms with Gasteiger partial charge in [0.25, 0.3) is 0 Å². The summed E-state index contributed by atoms with van der Waals surface area (Å²) >= 11 is 0. The molecule has 1 N–H and O–H groups in total. The van der Waals surface area contributed by atoms with Crippen molar-refractivity contribution in [3.05, 3.63) is 12.2 Å². The van der Waals surface area contributed by atoms with Crippen molar-refractivity contribution in [2.75, 3.05) is 26.2 Å². The number of allylic oxidation sites excluding steroid dienone is 2. The van der Waals surface area contributed by atoms with E-state index in [1.54, 1.807) is 0 Å². The molecule has 0 aromatic heterocycles. The number of hydrogen-bond acceptors (Lipinski definition) is 2. The Kier molecular flexibility index (Phi) is 4.21. The third-order valence-electron chi connectivity index (χ3n) is 3.52. The van der Waals surface area contributed by atoms with Crippen molar-refractivity contribution >= 4 is 0 Å². The first-order valence-corrected chi connectivity index (χ1v) is 6.36. The van der Waals surface area contributed by atoms with Gasteiger partial charge in [0.15, 0.2) is 0 Å². The highest BCUT2D eigenvalue weighted by molar-refractivity contribution is 4.91. The first kappa shape index (κ1) is 11.2. The lowest BCUT2D eigenvalue weighted by atomic mass is 9.94. The van der Waals surface area contributed by atoms with Crippen LogP contribution in [-0.2, 0) is 0 Å². The Labute approximate surface area is 93.0 Å². The fraction of sp³-hybridized carbons (Fsp3) is 0.846. The molecular formula is C13H23NO. The van der Waals surface area contributed by atoms with Crippen LogP contribution in [0.15, 0.2) is 12.2 Å². The third-order valence-corrected chi connectivity index (χ3v) is 3.52. The van der Waals surface area contributed by atoms with Crippen LogP contribution in [0.5, 0.6) is 0 Å². The Morgan fingerprint density at radius 3 is 2.47 bits per heavy atom. The minimum atomic E-state index is 0.315. The first-order chi connectivity index (χ1) is 7.38. The Morgan fingerprint density at radius 1 is 1.07 bits per heavy atom. The zero-order valence-electron chi connectivity index (χ0n) is 9.57. The molecule has 1 fully saturated rings. The van der Waals surface area contributed by atoms with Crippen molar-refractivity contribution in [2.24, 2.45) is 11.8 Å². The van der Waals surface area contributed by atoms with Gasteiger partial charge < -0.3 is 10.0 Å². The maximum Gasteiger partial charge on any atom is 0.0558 e. The molecule has 0 bridgehead atoms. The molecule has 0 radical (unpaired) electrons. The quantitative estimate of drug-likeness (QED) is 0.677. The van der Waals surface area contributed by atoms with E-state index in [4.69, 9.17) is 5.11 Å². The summed E-state index contributed by atoms with van der Waals surface area (Å²) in [6.07, 6.45) is 11.3. The second-order valence-electron chi connectivity index (χ2n) is 5.08. The number of aliphatic hydroxyl groups is 1. The maximum absolute atomic E-state index is 9.04. The van der Waals surface area contributed by atoms with E-state index in [1.165, 1.54) is 45.2 Å². The van der Waals surface area contributed by atoms with Crippen LogP contribution in [0, 0.1) is 11.8 Å². The average Bonchev–Trinajstić information content (AvgIpc) is 3.03. The summed E-state index contributed by atoms with van der Waals surface area (Å²) < 4.78 is 0. The predicted molar refractivity (Wildman–Crippen MR) is 62.7 cm³/mol. The van der Waals surface area contributed by atoms with Gasteiger partial charge in [0.05, 0.1) is 6.61 Å². The minimum absolute atomic E-state index is 0.315. The van der Waals surface area contributed by atoms with E-state index in [1.807, 2.05) is 0 Å². The summed E-state index contributed by atoms with van der Waals surface area (Å²) in [6.45, 7) is 3.61. The molecule has 2 heteroatoms. The molecule has 2 nitrogen and oxygen atoms in total. The van der Waals surface area contributed by atoms with E-state index < -0.39 is 0 Å². The van der Waals surface area contributed by atoms with Gasteiger partial charge in [-0.3, -0.25) is 0 Å². The molecule has 0 aromatic carbocycles. The summed E-state index contributed by atoms with van der Waals surface area (Å²) in [5.74, 6) is 1.77. The Balaban J connectivity index is 1.73. The van der Waals surface area contributed by atoms with E-state index in [9.17, 15) is 0 Å². The Morgan fingerprint density at radius 2 is 1.87 bits per heavy atom. The topological polar surface area (TPSA) is 23.5 Å². The predicted octanol–water partition coefficient (Wildman–Crippen LogP) is 2.05. The maximum atomic E-state index is 9.04. The summed E-state index contributed by atoms with van der Waals surface area (Å²) in [5.41, 5.74) is 0. The molecule has 15 heavy (non-hydrogen) atoms. The lowest BCUT2D eigenvalue weighted by Gasteiger charge is -2.27. The summed E-state index contributed by atoms with van der Waals surface area (Å²) in [5, 5.41) is 9.04. The van der Waals surface area contributed by atoms with E-state index in [-0.39, 0.29) is 0 Å². The second kappa shape index (κ2) is 5.66. The molecule has 0 saturated heterocycles. The van der Waals surface area contributed by atoms with E-state index >= 15 is 0 Å². The summed E-state index contributed by atoms with van der Waals surface area (Å²) in [7, 11) is 0. The van der Waals surface area contributed by atoms with Crippen LogP contribution in [0.25, 0.3) is 0 Å². The molecule has 0 spiro atoms. The standard InChI is InChI=1S/C13H23NO/c15-9-8-14(11-13-6-7-13)10-12-4-2-1-3-5-12/h1-2,12-13,15H,3-11H2. The highest BCUT2D eigenvalue weighted by Gasteiger charge is 2.25. The van der Waals surface area contributed by atoms with Crippen LogP contribution in [-0.4, -0.2) is 36.2 Å². The van der Waals surface area contributed by atoms with E-state index in [0.29, 0.717) is 6.61 Å². The molecule has 1 unspecified atom stereocenters. The normalized spacial score (nSPS) is 26.1. The fourth-order valence-corrected chi connectivity index (χ4v) is 2.45. The molecule has 86 valence electrons. The molecule has 2 rings (SSSR count). The third kappa shape index (κ3) is 3.96. The van der Waals surface area contributed by atoms with Crippen molar-refractivity contribution in [1.82, 2.24) is 4.90 Å². The smallest absolute Gasteiger partial charge is 0.0558 e. The number of aliphatic hydroxyl groups excluding tert-OH is 1. The molecular weight excluding hydrogens is 186 g/mol. The van der Waals surface area contributed by atoms with Gasteiger partial charge in [-0.25, -0.2) is 0 Å². The van der Waals surface area contributed by atoms with Gasteiger partial charge in [-0.2, -0.15) is 0 Å². The van der Waals surface area contributed by atoms with Crippen molar-refractivity contribution in [2.45, 2.75) is 32.1 Å². The van der Waals surface area contributed by atoms with Crippen molar-refractivity contribution < 1.29 is 5.11 Å². The van der Waals surface area contributed by atoms with Crippen molar-refractivity contribution in [3.8, 4) is 0 Å². The van der Waals surface area contributed by atoms with Gasteiger partial charge in [0, 0.05) is 19.6 Å². The molecule has 0 amide bonds. The number of rotatable bonds is 6. The highest BCUT2D eigenvalue weighted by Crippen LogP contribution is 2.30. The van der Waals surface area contributed by atoms with Gasteiger partial charge in [-0.15, -0.1) is 0 Å². The molecule has 0 aromatic rings. The highest BCUT2D eigenvalue weighted by atomic mass is 16.3. The van der Waals surface area contributed by atoms with Crippen LogP contribution in [0.4, 0.5) is 0 Å². The average molecular weight is 209 g/mol. The van der Waals surface area contributed by atoms with Crippen LogP contribution < -0.4 is 0 Å². The van der Waals surface area contributed by atoms with Crippen molar-refractivity contribution in [1.29, 1.82) is 0 Å². The van der Waals surface area contributed by atoms with Crippen LogP contribution >= 0.6 is 0 Å². The molecule has 2 aliphatic carbocycles. The van der Waals surface area contributed by atoms with Gasteiger partial charge in [0.2, 0.25) is 0 Å². The number of hydrogen-bond donors (Lipinski definition) is 1. The van der Waals surface area contributed by atoms with Crippen LogP contribution in [0.1, 0.15) is 32.1 Å². The molecule has 1 atom stereocenters. The molecule has 0 heterocycles.